The molecule has 1 aromatic carbocycles. The van der Waals surface area contributed by atoms with Crippen molar-refractivity contribution in [1.82, 2.24) is 9.62 Å². The second kappa shape index (κ2) is 7.89. The van der Waals surface area contributed by atoms with E-state index in [2.05, 4.69) is 9.62 Å². The fraction of sp³-hybridized carbons (Fsp3) is 0.600. The second-order valence-electron chi connectivity index (χ2n) is 5.66. The lowest BCUT2D eigenvalue weighted by Gasteiger charge is -2.31. The van der Waals surface area contributed by atoms with Crippen molar-refractivity contribution in [3.63, 3.8) is 0 Å². The van der Waals surface area contributed by atoms with E-state index >= 15 is 0 Å². The number of ether oxygens (including phenoxy) is 1. The number of nitrogens with one attached hydrogen (secondary N) is 1. The van der Waals surface area contributed by atoms with E-state index in [1.54, 1.807) is 12.1 Å². The van der Waals surface area contributed by atoms with E-state index in [4.69, 9.17) is 4.74 Å². The van der Waals surface area contributed by atoms with E-state index in [1.165, 1.54) is 18.4 Å². The van der Waals surface area contributed by atoms with Crippen molar-refractivity contribution in [2.24, 2.45) is 0 Å². The van der Waals surface area contributed by atoms with E-state index < -0.39 is 10.0 Å². The van der Waals surface area contributed by atoms with Gasteiger partial charge in [-0.05, 0) is 56.6 Å². The zero-order chi connectivity index (χ0) is 16.0. The maximum atomic E-state index is 12.7. The van der Waals surface area contributed by atoms with Crippen molar-refractivity contribution in [1.29, 1.82) is 0 Å². The molecule has 1 fully saturated rings. The van der Waals surface area contributed by atoms with Crippen LogP contribution in [0.4, 0.5) is 4.39 Å². The molecule has 124 valence electrons. The van der Waals surface area contributed by atoms with E-state index in [0.717, 1.165) is 38.9 Å². The molecule has 1 aliphatic rings. The van der Waals surface area contributed by atoms with Gasteiger partial charge in [-0.2, -0.15) is 0 Å². The minimum atomic E-state index is -3.11. The van der Waals surface area contributed by atoms with Crippen LogP contribution in [0.15, 0.2) is 24.3 Å². The zero-order valence-corrected chi connectivity index (χ0v) is 13.6. The lowest BCUT2D eigenvalue weighted by Crippen LogP contribution is -2.44. The van der Waals surface area contributed by atoms with Gasteiger partial charge in [-0.15, -0.1) is 0 Å². The second-order valence-corrected chi connectivity index (χ2v) is 7.44. The molecule has 1 aliphatic heterocycles. The molecule has 1 N–H and O–H groups in total. The summed E-state index contributed by atoms with van der Waals surface area (Å²) in [5, 5.41) is 0. The third kappa shape index (κ3) is 6.29. The monoisotopic (exact) mass is 330 g/mol. The molecule has 0 radical (unpaired) electrons. The van der Waals surface area contributed by atoms with Crippen molar-refractivity contribution in [3.05, 3.63) is 30.1 Å². The van der Waals surface area contributed by atoms with Gasteiger partial charge in [0.05, 0.1) is 12.9 Å². The topological polar surface area (TPSA) is 58.6 Å². The van der Waals surface area contributed by atoms with Crippen LogP contribution in [0.3, 0.4) is 0 Å². The van der Waals surface area contributed by atoms with Gasteiger partial charge in [0.15, 0.2) is 0 Å². The number of sulfonamides is 1. The van der Waals surface area contributed by atoms with Crippen molar-refractivity contribution in [2.75, 3.05) is 32.5 Å². The van der Waals surface area contributed by atoms with E-state index in [0.29, 0.717) is 12.4 Å². The minimum absolute atomic E-state index is 0.0571. The Morgan fingerprint density at radius 2 is 1.91 bits per heavy atom. The highest BCUT2D eigenvalue weighted by Crippen LogP contribution is 2.13. The highest BCUT2D eigenvalue weighted by atomic mass is 32.2. The number of benzene rings is 1. The van der Waals surface area contributed by atoms with Crippen molar-refractivity contribution < 1.29 is 17.5 Å². The van der Waals surface area contributed by atoms with Gasteiger partial charge < -0.3 is 9.64 Å². The number of halogens is 1. The summed E-state index contributed by atoms with van der Waals surface area (Å²) < 4.78 is 43.3. The first-order valence-electron chi connectivity index (χ1n) is 7.50. The Balaban J connectivity index is 1.60. The fourth-order valence-corrected chi connectivity index (χ4v) is 3.43. The Labute approximate surface area is 131 Å². The molecule has 2 rings (SSSR count). The summed E-state index contributed by atoms with van der Waals surface area (Å²) in [7, 11) is -3.11. The molecule has 0 saturated carbocycles. The van der Waals surface area contributed by atoms with Crippen LogP contribution in [-0.4, -0.2) is 51.9 Å². The number of rotatable bonds is 7. The lowest BCUT2D eigenvalue weighted by atomic mass is 10.1. The van der Waals surface area contributed by atoms with Gasteiger partial charge in [-0.3, -0.25) is 0 Å². The normalized spacial score (nSPS) is 17.5. The van der Waals surface area contributed by atoms with Crippen molar-refractivity contribution in [3.8, 4) is 5.75 Å². The van der Waals surface area contributed by atoms with Gasteiger partial charge in [-0.1, -0.05) is 0 Å². The molecule has 22 heavy (non-hydrogen) atoms. The van der Waals surface area contributed by atoms with Crippen LogP contribution < -0.4 is 9.46 Å². The summed E-state index contributed by atoms with van der Waals surface area (Å²) in [5.74, 6) is 0.412. The number of hydrogen-bond donors (Lipinski definition) is 1. The van der Waals surface area contributed by atoms with Crippen LogP contribution in [0.25, 0.3) is 0 Å². The van der Waals surface area contributed by atoms with Crippen LogP contribution >= 0.6 is 0 Å². The highest BCUT2D eigenvalue weighted by Gasteiger charge is 2.21. The summed E-state index contributed by atoms with van der Waals surface area (Å²) in [6.45, 7) is 3.30. The maximum Gasteiger partial charge on any atom is 0.208 e. The van der Waals surface area contributed by atoms with Crippen LogP contribution in [0.2, 0.25) is 0 Å². The summed E-state index contributed by atoms with van der Waals surface area (Å²) in [6, 6.07) is 6.07. The first-order valence-corrected chi connectivity index (χ1v) is 9.39. The third-order valence-corrected chi connectivity index (χ3v) is 4.43. The maximum absolute atomic E-state index is 12.7. The molecule has 0 aromatic heterocycles. The van der Waals surface area contributed by atoms with Gasteiger partial charge in [0.25, 0.3) is 0 Å². The van der Waals surface area contributed by atoms with E-state index in [9.17, 15) is 12.8 Å². The molecule has 7 heteroatoms. The van der Waals surface area contributed by atoms with Crippen LogP contribution in [0.1, 0.15) is 19.3 Å². The summed E-state index contributed by atoms with van der Waals surface area (Å²) >= 11 is 0. The average molecular weight is 330 g/mol. The number of hydrogen-bond acceptors (Lipinski definition) is 4. The lowest BCUT2D eigenvalue weighted by molar-refractivity contribution is 0.189. The number of likely N-dealkylation sites (tertiary alicyclic amines) is 1. The van der Waals surface area contributed by atoms with Gasteiger partial charge in [0.2, 0.25) is 10.0 Å². The standard InChI is InChI=1S/C15H23FN2O3S/c1-22(19,20)17-14-7-10-18(11-8-14)9-2-12-21-15-5-3-13(16)4-6-15/h3-6,14,17H,2,7-12H2,1H3. The Bertz CT molecular complexity index is 555. The molecule has 0 aliphatic carbocycles. The summed E-state index contributed by atoms with van der Waals surface area (Å²) in [4.78, 5) is 2.31. The molecular formula is C15H23FN2O3S. The molecule has 0 atom stereocenters. The van der Waals surface area contributed by atoms with Crippen LogP contribution in [0.5, 0.6) is 5.75 Å². The Morgan fingerprint density at radius 1 is 1.27 bits per heavy atom. The molecule has 1 aromatic rings. The quantitative estimate of drug-likeness (QED) is 0.772. The SMILES string of the molecule is CS(=O)(=O)NC1CCN(CCCOc2ccc(F)cc2)CC1. The molecule has 0 unspecified atom stereocenters. The largest absolute Gasteiger partial charge is 0.494 e. The molecule has 0 spiro atoms. The Kier molecular flexibility index (Phi) is 6.16. The van der Waals surface area contributed by atoms with Gasteiger partial charge >= 0.3 is 0 Å². The van der Waals surface area contributed by atoms with E-state index in [1.807, 2.05) is 0 Å². The summed E-state index contributed by atoms with van der Waals surface area (Å²) in [6.07, 6.45) is 3.77. The van der Waals surface area contributed by atoms with Crippen molar-refractivity contribution >= 4 is 10.0 Å². The molecular weight excluding hydrogens is 307 g/mol. The smallest absolute Gasteiger partial charge is 0.208 e. The molecule has 1 saturated heterocycles. The predicted octanol–water partition coefficient (Wildman–Crippen LogP) is 1.61. The van der Waals surface area contributed by atoms with Crippen molar-refractivity contribution in [2.45, 2.75) is 25.3 Å². The molecule has 0 amide bonds. The first kappa shape index (κ1) is 17.2. The first-order chi connectivity index (χ1) is 10.4. The zero-order valence-electron chi connectivity index (χ0n) is 12.8. The molecule has 5 nitrogen and oxygen atoms in total. The average Bonchev–Trinajstić information content (AvgIpc) is 2.45. The van der Waals surface area contributed by atoms with Crippen LogP contribution in [-0.2, 0) is 10.0 Å². The highest BCUT2D eigenvalue weighted by molar-refractivity contribution is 7.88. The number of piperidine rings is 1. The Morgan fingerprint density at radius 3 is 2.50 bits per heavy atom. The van der Waals surface area contributed by atoms with Crippen LogP contribution in [0, 0.1) is 5.82 Å². The third-order valence-electron chi connectivity index (χ3n) is 3.67. The molecule has 1 heterocycles. The number of nitrogens with zero attached hydrogens (tertiary/aromatic N) is 1. The van der Waals surface area contributed by atoms with E-state index in [-0.39, 0.29) is 11.9 Å². The van der Waals surface area contributed by atoms with Gasteiger partial charge in [0, 0.05) is 12.6 Å². The van der Waals surface area contributed by atoms with Gasteiger partial charge in [0.1, 0.15) is 11.6 Å². The predicted molar refractivity (Wildman–Crippen MR) is 84.0 cm³/mol. The Hall–Kier alpha value is -1.18. The minimum Gasteiger partial charge on any atom is -0.494 e. The fourth-order valence-electron chi connectivity index (χ4n) is 2.59. The summed E-state index contributed by atoms with van der Waals surface area (Å²) in [5.41, 5.74) is 0. The molecule has 0 bridgehead atoms. The van der Waals surface area contributed by atoms with Gasteiger partial charge in [-0.25, -0.2) is 17.5 Å².